The van der Waals surface area contributed by atoms with E-state index in [4.69, 9.17) is 11.6 Å². The quantitative estimate of drug-likeness (QED) is 0.721. The topological polar surface area (TPSA) is 44.9 Å². The number of benzene rings is 2. The van der Waals surface area contributed by atoms with Crippen LogP contribution in [0.25, 0.3) is 5.69 Å². The van der Waals surface area contributed by atoms with Gasteiger partial charge in [0.05, 0.1) is 12.0 Å². The van der Waals surface area contributed by atoms with Gasteiger partial charge in [0.1, 0.15) is 12.5 Å². The molecule has 4 rings (SSSR count). The molecule has 0 atom stereocenters. The molecule has 0 aliphatic carbocycles. The summed E-state index contributed by atoms with van der Waals surface area (Å²) in [6.45, 7) is 1.24. The number of aromatic nitrogens is 1. The molecule has 0 spiro atoms. The monoisotopic (exact) mass is 381 g/mol. The minimum absolute atomic E-state index is 0.252. The van der Waals surface area contributed by atoms with Crippen LogP contribution in [0.5, 0.6) is 0 Å². The lowest BCUT2D eigenvalue weighted by Crippen LogP contribution is -2.28. The molecule has 0 fully saturated rings. The van der Waals surface area contributed by atoms with Gasteiger partial charge in [-0.1, -0.05) is 23.7 Å². The van der Waals surface area contributed by atoms with E-state index in [1.807, 2.05) is 52.2 Å². The summed E-state index contributed by atoms with van der Waals surface area (Å²) < 4.78 is 14.9. The Bertz CT molecular complexity index is 976. The lowest BCUT2D eigenvalue weighted by Gasteiger charge is -2.21. The SMILES string of the molecule is Fc1ccc(-n2ccc(NC3=NCN(Cc4ccc(Cl)cc4)C=N3)c2)cc1. The number of halogens is 2. The third-order valence-electron chi connectivity index (χ3n) is 4.12. The fraction of sp³-hybridized carbons (Fsp3) is 0.100. The molecule has 7 heteroatoms. The lowest BCUT2D eigenvalue weighted by molar-refractivity contribution is 0.435. The van der Waals surface area contributed by atoms with Crippen molar-refractivity contribution in [3.63, 3.8) is 0 Å². The van der Waals surface area contributed by atoms with Gasteiger partial charge in [-0.15, -0.1) is 0 Å². The zero-order chi connectivity index (χ0) is 18.6. The molecule has 0 amide bonds. The van der Waals surface area contributed by atoms with Gasteiger partial charge < -0.3 is 14.8 Å². The Kier molecular flexibility index (Phi) is 4.89. The summed E-state index contributed by atoms with van der Waals surface area (Å²) in [4.78, 5) is 10.8. The van der Waals surface area contributed by atoms with Crippen LogP contribution in [0.15, 0.2) is 77.0 Å². The predicted molar refractivity (Wildman–Crippen MR) is 107 cm³/mol. The summed E-state index contributed by atoms with van der Waals surface area (Å²) in [5.41, 5.74) is 2.89. The summed E-state index contributed by atoms with van der Waals surface area (Å²) in [5, 5.41) is 3.91. The van der Waals surface area contributed by atoms with Crippen LogP contribution in [0.4, 0.5) is 10.1 Å². The van der Waals surface area contributed by atoms with Crippen LogP contribution in [0.2, 0.25) is 5.02 Å². The molecule has 27 heavy (non-hydrogen) atoms. The first-order valence-corrected chi connectivity index (χ1v) is 8.82. The predicted octanol–water partition coefficient (Wildman–Crippen LogP) is 4.54. The molecule has 5 nitrogen and oxygen atoms in total. The van der Waals surface area contributed by atoms with Crippen LogP contribution in [0.1, 0.15) is 5.56 Å². The highest BCUT2D eigenvalue weighted by molar-refractivity contribution is 6.30. The second-order valence-corrected chi connectivity index (χ2v) is 6.59. The highest BCUT2D eigenvalue weighted by Gasteiger charge is 2.09. The first-order valence-electron chi connectivity index (χ1n) is 8.44. The highest BCUT2D eigenvalue weighted by atomic mass is 35.5. The van der Waals surface area contributed by atoms with Gasteiger partial charge in [-0.05, 0) is 48.0 Å². The third kappa shape index (κ3) is 4.35. The number of guanidine groups is 1. The van der Waals surface area contributed by atoms with Crippen molar-refractivity contribution in [3.05, 3.63) is 83.4 Å². The Hall–Kier alpha value is -3.12. The normalized spacial score (nSPS) is 13.6. The van der Waals surface area contributed by atoms with Gasteiger partial charge in [0.25, 0.3) is 0 Å². The van der Waals surface area contributed by atoms with E-state index in [2.05, 4.69) is 15.3 Å². The third-order valence-corrected chi connectivity index (χ3v) is 4.37. The fourth-order valence-corrected chi connectivity index (χ4v) is 2.86. The van der Waals surface area contributed by atoms with Crippen LogP contribution in [0.3, 0.4) is 0 Å². The molecule has 0 bridgehead atoms. The van der Waals surface area contributed by atoms with Gasteiger partial charge in [-0.3, -0.25) is 0 Å². The molecule has 0 unspecified atom stereocenters. The van der Waals surface area contributed by atoms with E-state index in [1.54, 1.807) is 18.5 Å². The van der Waals surface area contributed by atoms with Crippen LogP contribution < -0.4 is 5.32 Å². The van der Waals surface area contributed by atoms with E-state index in [0.29, 0.717) is 12.6 Å². The van der Waals surface area contributed by atoms with Gasteiger partial charge in [0, 0.05) is 29.6 Å². The lowest BCUT2D eigenvalue weighted by atomic mass is 10.2. The number of hydrogen-bond donors (Lipinski definition) is 1. The van der Waals surface area contributed by atoms with E-state index in [9.17, 15) is 4.39 Å². The van der Waals surface area contributed by atoms with Crippen molar-refractivity contribution in [3.8, 4) is 5.69 Å². The van der Waals surface area contributed by atoms with Crippen LogP contribution >= 0.6 is 11.6 Å². The maximum Gasteiger partial charge on any atom is 0.225 e. The van der Waals surface area contributed by atoms with E-state index in [1.165, 1.54) is 12.1 Å². The second kappa shape index (κ2) is 7.63. The van der Waals surface area contributed by atoms with Crippen molar-refractivity contribution in [1.82, 2.24) is 9.47 Å². The van der Waals surface area contributed by atoms with Crippen LogP contribution in [-0.2, 0) is 6.54 Å². The smallest absolute Gasteiger partial charge is 0.225 e. The highest BCUT2D eigenvalue weighted by Crippen LogP contribution is 2.16. The Morgan fingerprint density at radius 3 is 2.52 bits per heavy atom. The molecule has 0 radical (unpaired) electrons. The molecule has 1 aromatic heterocycles. The molecule has 1 N–H and O–H groups in total. The average molecular weight is 382 g/mol. The number of aliphatic imine (C=N–C) groups is 2. The zero-order valence-electron chi connectivity index (χ0n) is 14.4. The molecular weight excluding hydrogens is 365 g/mol. The summed E-state index contributed by atoms with van der Waals surface area (Å²) >= 11 is 5.91. The van der Waals surface area contributed by atoms with Gasteiger partial charge in [0.2, 0.25) is 5.96 Å². The van der Waals surface area contributed by atoms with Crippen LogP contribution in [-0.4, -0.2) is 28.4 Å². The maximum absolute atomic E-state index is 13.0. The molecule has 2 aromatic carbocycles. The van der Waals surface area contributed by atoms with E-state index >= 15 is 0 Å². The zero-order valence-corrected chi connectivity index (χ0v) is 15.1. The second-order valence-electron chi connectivity index (χ2n) is 6.15. The van der Waals surface area contributed by atoms with Gasteiger partial charge in [0.15, 0.2) is 0 Å². The molecule has 1 aliphatic heterocycles. The molecule has 136 valence electrons. The molecule has 1 aliphatic rings. The van der Waals surface area contributed by atoms with Crippen LogP contribution in [0, 0.1) is 5.82 Å². The van der Waals surface area contributed by atoms with Crippen molar-refractivity contribution < 1.29 is 4.39 Å². The largest absolute Gasteiger partial charge is 0.339 e. The standard InChI is InChI=1S/C20H17ClFN5/c21-16-3-1-15(2-4-16)11-26-13-23-20(24-14-26)25-18-9-10-27(12-18)19-7-5-17(22)6-8-19/h1-10,12-13H,11,14H2,(H,24,25). The van der Waals surface area contributed by atoms with Crippen molar-refractivity contribution in [2.75, 3.05) is 12.0 Å². The number of anilines is 1. The number of hydrogen-bond acceptors (Lipinski definition) is 4. The molecule has 3 aromatic rings. The number of rotatable bonds is 4. The summed E-state index contributed by atoms with van der Waals surface area (Å²) in [7, 11) is 0. The molecular formula is C20H17ClFN5. The minimum Gasteiger partial charge on any atom is -0.339 e. The Morgan fingerprint density at radius 1 is 1.04 bits per heavy atom. The maximum atomic E-state index is 13.0. The average Bonchev–Trinajstić information content (AvgIpc) is 3.14. The fourth-order valence-electron chi connectivity index (χ4n) is 2.73. The summed E-state index contributed by atoms with van der Waals surface area (Å²) in [6.07, 6.45) is 5.59. The van der Waals surface area contributed by atoms with Crippen molar-refractivity contribution in [1.29, 1.82) is 0 Å². The number of nitrogens with zero attached hydrogens (tertiary/aromatic N) is 4. The minimum atomic E-state index is -0.252. The van der Waals surface area contributed by atoms with E-state index in [-0.39, 0.29) is 5.82 Å². The van der Waals surface area contributed by atoms with E-state index in [0.717, 1.165) is 28.5 Å². The number of nitrogens with one attached hydrogen (secondary N) is 1. The first-order chi connectivity index (χ1) is 13.2. The van der Waals surface area contributed by atoms with Gasteiger partial charge >= 0.3 is 0 Å². The summed E-state index contributed by atoms with van der Waals surface area (Å²) in [5.74, 6) is 0.303. The summed E-state index contributed by atoms with van der Waals surface area (Å²) in [6, 6.07) is 16.0. The first kappa shape index (κ1) is 17.3. The Balaban J connectivity index is 1.36. The molecule has 0 saturated heterocycles. The van der Waals surface area contributed by atoms with Gasteiger partial charge in [-0.2, -0.15) is 0 Å². The Morgan fingerprint density at radius 2 is 1.81 bits per heavy atom. The van der Waals surface area contributed by atoms with E-state index < -0.39 is 0 Å². The van der Waals surface area contributed by atoms with Crippen molar-refractivity contribution >= 4 is 29.6 Å². The molecule has 2 heterocycles. The Labute approximate surface area is 161 Å². The van der Waals surface area contributed by atoms with Crippen molar-refractivity contribution in [2.24, 2.45) is 9.98 Å². The van der Waals surface area contributed by atoms with Gasteiger partial charge in [-0.25, -0.2) is 14.4 Å². The van der Waals surface area contributed by atoms with Crippen molar-refractivity contribution in [2.45, 2.75) is 6.54 Å². The molecule has 0 saturated carbocycles.